The van der Waals surface area contributed by atoms with Crippen LogP contribution in [0.4, 0.5) is 0 Å². The molecule has 2 amide bonds. The van der Waals surface area contributed by atoms with Gasteiger partial charge in [0.2, 0.25) is 11.8 Å². The lowest BCUT2D eigenvalue weighted by atomic mass is 10.0. The monoisotopic (exact) mass is 403 g/mol. The summed E-state index contributed by atoms with van der Waals surface area (Å²) < 4.78 is 0. The molecule has 1 rings (SSSR count). The summed E-state index contributed by atoms with van der Waals surface area (Å²) in [6.45, 7) is 7.72. The van der Waals surface area contributed by atoms with Crippen molar-refractivity contribution in [3.63, 3.8) is 0 Å². The molecule has 0 spiro atoms. The van der Waals surface area contributed by atoms with Crippen LogP contribution in [0.3, 0.4) is 0 Å². The molecule has 160 valence electrons. The minimum absolute atomic E-state index is 0. The van der Waals surface area contributed by atoms with Gasteiger partial charge in [-0.05, 0) is 31.6 Å². The molecule has 0 aromatic carbocycles. The van der Waals surface area contributed by atoms with Crippen LogP contribution >= 0.6 is 12.4 Å². The van der Waals surface area contributed by atoms with E-state index in [1.54, 1.807) is 4.90 Å². The fourth-order valence-corrected chi connectivity index (χ4v) is 3.71. The van der Waals surface area contributed by atoms with Gasteiger partial charge in [-0.2, -0.15) is 0 Å². The summed E-state index contributed by atoms with van der Waals surface area (Å²) in [5, 5.41) is 3.03. The van der Waals surface area contributed by atoms with Crippen molar-refractivity contribution in [2.24, 2.45) is 11.7 Å². The molecule has 0 radical (unpaired) electrons. The highest BCUT2D eigenvalue weighted by Gasteiger charge is 2.35. The third-order valence-electron chi connectivity index (χ3n) is 5.21. The molecule has 0 unspecified atom stereocenters. The number of unbranched alkanes of at least 4 members (excludes halogenated alkanes) is 7. The zero-order valence-electron chi connectivity index (χ0n) is 17.7. The molecule has 5 nitrogen and oxygen atoms in total. The largest absolute Gasteiger partial charge is 0.354 e. The van der Waals surface area contributed by atoms with E-state index in [1.807, 2.05) is 0 Å². The second-order valence-corrected chi connectivity index (χ2v) is 8.19. The van der Waals surface area contributed by atoms with Crippen molar-refractivity contribution in [1.82, 2.24) is 10.2 Å². The van der Waals surface area contributed by atoms with E-state index >= 15 is 0 Å². The summed E-state index contributed by atoms with van der Waals surface area (Å²) in [5.41, 5.74) is 6.04. The van der Waals surface area contributed by atoms with Gasteiger partial charge in [0.1, 0.15) is 6.04 Å². The molecule has 0 bridgehead atoms. The number of nitrogens with zero attached hydrogens (tertiary/aromatic N) is 1. The molecule has 0 saturated carbocycles. The van der Waals surface area contributed by atoms with E-state index in [0.717, 1.165) is 19.3 Å². The predicted octanol–water partition coefficient (Wildman–Crippen LogP) is 4.03. The van der Waals surface area contributed by atoms with Gasteiger partial charge < -0.3 is 16.0 Å². The van der Waals surface area contributed by atoms with Gasteiger partial charge in [-0.15, -0.1) is 12.4 Å². The van der Waals surface area contributed by atoms with E-state index in [9.17, 15) is 9.59 Å². The van der Waals surface area contributed by atoms with Gasteiger partial charge in [0.25, 0.3) is 0 Å². The first-order valence-electron chi connectivity index (χ1n) is 10.8. The number of likely N-dealkylation sites (tertiary alicyclic amines) is 1. The van der Waals surface area contributed by atoms with Gasteiger partial charge in [0, 0.05) is 13.1 Å². The van der Waals surface area contributed by atoms with Crippen molar-refractivity contribution in [2.75, 3.05) is 13.1 Å². The minimum Gasteiger partial charge on any atom is -0.354 e. The quantitative estimate of drug-likeness (QED) is 0.456. The van der Waals surface area contributed by atoms with Crippen LogP contribution < -0.4 is 11.1 Å². The fraction of sp³-hybridized carbons (Fsp3) is 0.905. The molecule has 1 fully saturated rings. The van der Waals surface area contributed by atoms with Gasteiger partial charge in [0.15, 0.2) is 0 Å². The Labute approximate surface area is 172 Å². The Bertz CT molecular complexity index is 418. The Morgan fingerprint density at radius 1 is 1.07 bits per heavy atom. The highest BCUT2D eigenvalue weighted by atomic mass is 35.5. The molecule has 1 saturated heterocycles. The molecule has 0 aromatic rings. The van der Waals surface area contributed by atoms with Gasteiger partial charge in [-0.1, -0.05) is 65.7 Å². The average Bonchev–Trinajstić information content (AvgIpc) is 3.08. The summed E-state index contributed by atoms with van der Waals surface area (Å²) >= 11 is 0. The first-order chi connectivity index (χ1) is 12.5. The number of carbonyl (C=O) groups is 2. The van der Waals surface area contributed by atoms with Crippen molar-refractivity contribution < 1.29 is 9.59 Å². The zero-order chi connectivity index (χ0) is 19.4. The van der Waals surface area contributed by atoms with E-state index < -0.39 is 6.04 Å². The van der Waals surface area contributed by atoms with Gasteiger partial charge in [-0.3, -0.25) is 9.59 Å². The zero-order valence-corrected chi connectivity index (χ0v) is 18.5. The van der Waals surface area contributed by atoms with Crippen LogP contribution in [0.5, 0.6) is 0 Å². The highest BCUT2D eigenvalue weighted by Crippen LogP contribution is 2.19. The van der Waals surface area contributed by atoms with Crippen LogP contribution in [0, 0.1) is 5.92 Å². The van der Waals surface area contributed by atoms with Crippen LogP contribution in [0.15, 0.2) is 0 Å². The van der Waals surface area contributed by atoms with Gasteiger partial charge >= 0.3 is 0 Å². The second kappa shape index (κ2) is 15.2. The number of nitrogens with one attached hydrogen (secondary N) is 1. The fourth-order valence-electron chi connectivity index (χ4n) is 3.71. The van der Waals surface area contributed by atoms with E-state index in [2.05, 4.69) is 26.1 Å². The number of rotatable bonds is 13. The lowest BCUT2D eigenvalue weighted by Gasteiger charge is -2.27. The number of carbonyl (C=O) groups excluding carboxylic acids is 2. The number of halogens is 1. The van der Waals surface area contributed by atoms with E-state index in [-0.39, 0.29) is 30.3 Å². The Morgan fingerprint density at radius 2 is 1.67 bits per heavy atom. The smallest absolute Gasteiger partial charge is 0.242 e. The van der Waals surface area contributed by atoms with Crippen molar-refractivity contribution >= 4 is 24.2 Å². The van der Waals surface area contributed by atoms with Gasteiger partial charge in [0.05, 0.1) is 6.04 Å². The molecule has 1 aliphatic rings. The molecule has 27 heavy (non-hydrogen) atoms. The summed E-state index contributed by atoms with van der Waals surface area (Å²) in [4.78, 5) is 26.7. The summed E-state index contributed by atoms with van der Waals surface area (Å²) in [7, 11) is 0. The minimum atomic E-state index is -0.490. The maximum absolute atomic E-state index is 12.5. The Hall–Kier alpha value is -0.810. The summed E-state index contributed by atoms with van der Waals surface area (Å²) in [5.74, 6) is 0.310. The SMILES string of the molecule is CCCCCCCCCCNC(=O)[C@@H]1CCCN1C(=O)[C@@H](N)CC(C)C.Cl. The molecule has 2 atom stereocenters. The highest BCUT2D eigenvalue weighted by molar-refractivity contribution is 5.90. The molecule has 6 heteroatoms. The lowest BCUT2D eigenvalue weighted by Crippen LogP contribution is -2.51. The standard InChI is InChI=1S/C21H41N3O2.ClH/c1-4-5-6-7-8-9-10-11-14-23-20(25)19-13-12-15-24(19)21(26)18(22)16-17(2)3;/h17-19H,4-16,22H2,1-3H3,(H,23,25);1H/t18-,19-;/m0./s1. The Morgan fingerprint density at radius 3 is 2.26 bits per heavy atom. The molecule has 3 N–H and O–H groups in total. The van der Waals surface area contributed by atoms with Crippen molar-refractivity contribution in [2.45, 2.75) is 103 Å². The van der Waals surface area contributed by atoms with Crippen molar-refractivity contribution in [1.29, 1.82) is 0 Å². The molecular formula is C21H42ClN3O2. The van der Waals surface area contributed by atoms with Gasteiger partial charge in [-0.25, -0.2) is 0 Å². The molecule has 0 aromatic heterocycles. The molecule has 0 aliphatic carbocycles. The number of hydrogen-bond acceptors (Lipinski definition) is 3. The maximum atomic E-state index is 12.5. The number of amides is 2. The van der Waals surface area contributed by atoms with E-state index in [1.165, 1.54) is 44.9 Å². The maximum Gasteiger partial charge on any atom is 0.242 e. The Kier molecular flexibility index (Phi) is 14.7. The topological polar surface area (TPSA) is 75.4 Å². The van der Waals surface area contributed by atoms with E-state index in [4.69, 9.17) is 5.73 Å². The molecule has 1 heterocycles. The lowest BCUT2D eigenvalue weighted by molar-refractivity contribution is -0.139. The second-order valence-electron chi connectivity index (χ2n) is 8.19. The molecular weight excluding hydrogens is 362 g/mol. The van der Waals surface area contributed by atoms with Crippen LogP contribution in [0.25, 0.3) is 0 Å². The number of nitrogens with two attached hydrogens (primary N) is 1. The van der Waals surface area contributed by atoms with Crippen LogP contribution in [0.1, 0.15) is 91.4 Å². The van der Waals surface area contributed by atoms with Crippen molar-refractivity contribution in [3.8, 4) is 0 Å². The number of hydrogen-bond donors (Lipinski definition) is 2. The first kappa shape index (κ1) is 26.2. The normalized spacial score (nSPS) is 17.7. The van der Waals surface area contributed by atoms with E-state index in [0.29, 0.717) is 25.4 Å². The third-order valence-corrected chi connectivity index (χ3v) is 5.21. The Balaban J connectivity index is 0.00000676. The van der Waals surface area contributed by atoms with Crippen molar-refractivity contribution in [3.05, 3.63) is 0 Å². The predicted molar refractivity (Wildman–Crippen MR) is 115 cm³/mol. The summed E-state index contributed by atoms with van der Waals surface area (Å²) in [6, 6.07) is -0.814. The van der Waals surface area contributed by atoms with Crippen LogP contribution in [0.2, 0.25) is 0 Å². The first-order valence-corrected chi connectivity index (χ1v) is 10.8. The van der Waals surface area contributed by atoms with Crippen LogP contribution in [-0.4, -0.2) is 41.9 Å². The third kappa shape index (κ3) is 10.3. The van der Waals surface area contributed by atoms with Crippen LogP contribution in [-0.2, 0) is 9.59 Å². The summed E-state index contributed by atoms with van der Waals surface area (Å²) in [6.07, 6.45) is 12.3. The molecule has 1 aliphatic heterocycles. The average molecular weight is 404 g/mol.